The van der Waals surface area contributed by atoms with Crippen molar-refractivity contribution in [2.45, 2.75) is 31.1 Å². The maximum absolute atomic E-state index is 5.57. The lowest BCUT2D eigenvalue weighted by Gasteiger charge is -2.08. The average molecular weight is 248 g/mol. The molecule has 1 aliphatic heterocycles. The molecule has 0 aromatic heterocycles. The molecule has 1 aromatic carbocycles. The molecule has 1 heterocycles. The summed E-state index contributed by atoms with van der Waals surface area (Å²) in [4.78, 5) is 1.31. The third kappa shape index (κ3) is 3.90. The highest BCUT2D eigenvalue weighted by molar-refractivity contribution is 8.02. The Morgan fingerprint density at radius 2 is 2.18 bits per heavy atom. The summed E-state index contributed by atoms with van der Waals surface area (Å²) in [6.07, 6.45) is 3.86. The lowest BCUT2D eigenvalue weighted by atomic mass is 9.98. The minimum atomic E-state index is 0.658. The summed E-state index contributed by atoms with van der Waals surface area (Å²) in [6.45, 7) is 3.99. The third-order valence-electron chi connectivity index (χ3n) is 3.11. The van der Waals surface area contributed by atoms with Crippen LogP contribution in [0.25, 0.3) is 0 Å². The van der Waals surface area contributed by atoms with Gasteiger partial charge in [0.15, 0.2) is 0 Å². The highest BCUT2D eigenvalue weighted by atomic mass is 32.2. The first kappa shape index (κ1) is 12.7. The Bertz CT molecular complexity index is 358. The fraction of sp³-hybridized carbons (Fsp3) is 0.467. The summed E-state index contributed by atoms with van der Waals surface area (Å²) in [5.74, 6) is 0.658. The number of unbranched alkanes of at least 4 members (excludes halogenated alkanes) is 1. The zero-order valence-corrected chi connectivity index (χ0v) is 11.2. The van der Waals surface area contributed by atoms with E-state index in [0.29, 0.717) is 5.92 Å². The van der Waals surface area contributed by atoms with Gasteiger partial charge in [-0.3, -0.25) is 0 Å². The van der Waals surface area contributed by atoms with Crippen LogP contribution in [0.3, 0.4) is 0 Å². The molecule has 0 N–H and O–H groups in total. The van der Waals surface area contributed by atoms with Crippen molar-refractivity contribution in [2.75, 3.05) is 13.2 Å². The quantitative estimate of drug-likeness (QED) is 0.710. The fourth-order valence-corrected chi connectivity index (χ4v) is 2.90. The van der Waals surface area contributed by atoms with Gasteiger partial charge in [-0.15, -0.1) is 0 Å². The van der Waals surface area contributed by atoms with E-state index < -0.39 is 0 Å². The molecule has 2 heteroatoms. The maximum Gasteiger partial charge on any atom is 0.0688 e. The van der Waals surface area contributed by atoms with Crippen LogP contribution < -0.4 is 0 Å². The first-order chi connectivity index (χ1) is 8.40. The van der Waals surface area contributed by atoms with Crippen molar-refractivity contribution in [3.63, 3.8) is 0 Å². The highest BCUT2D eigenvalue weighted by Gasteiger charge is 2.20. The van der Waals surface area contributed by atoms with Gasteiger partial charge in [-0.1, -0.05) is 49.7 Å². The molecule has 2 rings (SSSR count). The summed E-state index contributed by atoms with van der Waals surface area (Å²) in [5.41, 5.74) is 1.48. The van der Waals surface area contributed by atoms with Crippen molar-refractivity contribution >= 4 is 11.8 Å². The van der Waals surface area contributed by atoms with Crippen LogP contribution >= 0.6 is 11.8 Å². The number of hydrogen-bond donors (Lipinski definition) is 0. The summed E-state index contributed by atoms with van der Waals surface area (Å²) >= 11 is 1.81. The third-order valence-corrected chi connectivity index (χ3v) is 4.07. The van der Waals surface area contributed by atoms with Crippen LogP contribution in [0.5, 0.6) is 0 Å². The maximum atomic E-state index is 5.57. The topological polar surface area (TPSA) is 9.23 Å². The van der Waals surface area contributed by atoms with E-state index in [4.69, 9.17) is 4.74 Å². The fourth-order valence-electron chi connectivity index (χ4n) is 2.04. The highest BCUT2D eigenvalue weighted by Crippen LogP contribution is 2.29. The minimum Gasteiger partial charge on any atom is -0.376 e. The number of thioether (sulfide) groups is 1. The molecule has 0 saturated carbocycles. The Hall–Kier alpha value is -0.730. The van der Waals surface area contributed by atoms with Crippen LogP contribution in [-0.2, 0) is 4.74 Å². The molecular formula is C15H20OS. The van der Waals surface area contributed by atoms with E-state index in [0.717, 1.165) is 13.2 Å². The van der Waals surface area contributed by atoms with Crippen LogP contribution in [0.15, 0.2) is 46.2 Å². The van der Waals surface area contributed by atoms with Gasteiger partial charge in [0.2, 0.25) is 0 Å². The smallest absolute Gasteiger partial charge is 0.0688 e. The van der Waals surface area contributed by atoms with E-state index in [1.165, 1.54) is 29.7 Å². The second-order valence-corrected chi connectivity index (χ2v) is 5.42. The standard InChI is InChI=1S/C15H20OS/c1-2-3-7-13-10-16-11-14(13)12-17-15-8-5-4-6-9-15/h4-6,8-9,12-13H,2-3,7,10-11H2,1H3/b14-12+. The van der Waals surface area contributed by atoms with Gasteiger partial charge < -0.3 is 4.74 Å². The number of rotatable bonds is 5. The monoisotopic (exact) mass is 248 g/mol. The van der Waals surface area contributed by atoms with Crippen molar-refractivity contribution in [2.24, 2.45) is 5.92 Å². The Kier molecular flexibility index (Phi) is 5.14. The first-order valence-corrected chi connectivity index (χ1v) is 7.26. The molecule has 0 radical (unpaired) electrons. The van der Waals surface area contributed by atoms with Gasteiger partial charge in [0.25, 0.3) is 0 Å². The summed E-state index contributed by atoms with van der Waals surface area (Å²) in [6, 6.07) is 10.5. The van der Waals surface area contributed by atoms with Crippen molar-refractivity contribution in [1.29, 1.82) is 0 Å². The van der Waals surface area contributed by atoms with Gasteiger partial charge in [-0.05, 0) is 29.5 Å². The molecule has 0 spiro atoms. The second-order valence-electron chi connectivity index (χ2n) is 4.48. The van der Waals surface area contributed by atoms with E-state index in [1.54, 1.807) is 0 Å². The van der Waals surface area contributed by atoms with Crippen molar-refractivity contribution in [1.82, 2.24) is 0 Å². The van der Waals surface area contributed by atoms with E-state index in [9.17, 15) is 0 Å². The Labute approximate surface area is 108 Å². The Morgan fingerprint density at radius 1 is 1.35 bits per heavy atom. The molecule has 1 atom stereocenters. The molecule has 1 aliphatic rings. The predicted octanol–water partition coefficient (Wildman–Crippen LogP) is 4.50. The Morgan fingerprint density at radius 3 is 2.94 bits per heavy atom. The molecule has 1 saturated heterocycles. The van der Waals surface area contributed by atoms with Crippen molar-refractivity contribution in [3.05, 3.63) is 41.3 Å². The molecule has 1 nitrogen and oxygen atoms in total. The van der Waals surface area contributed by atoms with Crippen LogP contribution in [0, 0.1) is 5.92 Å². The zero-order chi connectivity index (χ0) is 11.9. The largest absolute Gasteiger partial charge is 0.376 e. The second kappa shape index (κ2) is 6.87. The molecule has 0 bridgehead atoms. The molecule has 0 amide bonds. The van der Waals surface area contributed by atoms with Gasteiger partial charge in [0.05, 0.1) is 13.2 Å². The SMILES string of the molecule is CCCCC1COC/C1=C\Sc1ccccc1. The molecule has 0 aliphatic carbocycles. The molecule has 1 aromatic rings. The molecular weight excluding hydrogens is 228 g/mol. The lowest BCUT2D eigenvalue weighted by Crippen LogP contribution is -2.01. The number of ether oxygens (including phenoxy) is 1. The summed E-state index contributed by atoms with van der Waals surface area (Å²) in [5, 5.41) is 2.29. The van der Waals surface area contributed by atoms with E-state index in [1.807, 2.05) is 11.8 Å². The van der Waals surface area contributed by atoms with Crippen LogP contribution in [0.4, 0.5) is 0 Å². The zero-order valence-electron chi connectivity index (χ0n) is 10.4. The van der Waals surface area contributed by atoms with Crippen molar-refractivity contribution in [3.8, 4) is 0 Å². The van der Waals surface area contributed by atoms with Crippen LogP contribution in [0.2, 0.25) is 0 Å². The molecule has 1 fully saturated rings. The minimum absolute atomic E-state index is 0.658. The average Bonchev–Trinajstić information content (AvgIpc) is 2.82. The normalized spacial score (nSPS) is 22.2. The Balaban J connectivity index is 1.91. The van der Waals surface area contributed by atoms with Crippen LogP contribution in [0.1, 0.15) is 26.2 Å². The van der Waals surface area contributed by atoms with Crippen molar-refractivity contribution < 1.29 is 4.74 Å². The summed E-state index contributed by atoms with van der Waals surface area (Å²) < 4.78 is 5.57. The molecule has 1 unspecified atom stereocenters. The molecule has 17 heavy (non-hydrogen) atoms. The first-order valence-electron chi connectivity index (χ1n) is 6.38. The van der Waals surface area contributed by atoms with Gasteiger partial charge >= 0.3 is 0 Å². The van der Waals surface area contributed by atoms with Gasteiger partial charge in [-0.25, -0.2) is 0 Å². The number of benzene rings is 1. The number of hydrogen-bond acceptors (Lipinski definition) is 2. The lowest BCUT2D eigenvalue weighted by molar-refractivity contribution is 0.185. The predicted molar refractivity (Wildman–Crippen MR) is 74.2 cm³/mol. The van der Waals surface area contributed by atoms with Gasteiger partial charge in [-0.2, -0.15) is 0 Å². The van der Waals surface area contributed by atoms with E-state index >= 15 is 0 Å². The summed E-state index contributed by atoms with van der Waals surface area (Å²) in [7, 11) is 0. The van der Waals surface area contributed by atoms with E-state index in [-0.39, 0.29) is 0 Å². The van der Waals surface area contributed by atoms with Gasteiger partial charge in [0, 0.05) is 10.8 Å². The van der Waals surface area contributed by atoms with Crippen LogP contribution in [-0.4, -0.2) is 13.2 Å². The van der Waals surface area contributed by atoms with E-state index in [2.05, 4.69) is 42.7 Å². The van der Waals surface area contributed by atoms with Gasteiger partial charge in [0.1, 0.15) is 0 Å². The molecule has 92 valence electrons.